The second-order valence-electron chi connectivity index (χ2n) is 3.73. The maximum Gasteiger partial charge on any atom is 0.458 e. The maximum atomic E-state index is 13.1. The zero-order valence-corrected chi connectivity index (χ0v) is 9.52. The van der Waals surface area contributed by atoms with Crippen molar-refractivity contribution in [3.05, 3.63) is 23.0 Å². The molecule has 0 aliphatic rings. The first-order valence-electron chi connectivity index (χ1n) is 4.73. The SMILES string of the molecule is Cn1cc(C(F)(F)C(F)(F)F)c(C(F)(F)F)c1/C=N/O. The van der Waals surface area contributed by atoms with Crippen LogP contribution in [0.1, 0.15) is 16.8 Å². The summed E-state index contributed by atoms with van der Waals surface area (Å²) in [6.45, 7) is 0. The van der Waals surface area contributed by atoms with Crippen LogP contribution in [0.25, 0.3) is 0 Å². The minimum Gasteiger partial charge on any atom is -0.411 e. The van der Waals surface area contributed by atoms with Gasteiger partial charge in [0, 0.05) is 13.2 Å². The molecule has 1 N–H and O–H groups in total. The predicted octanol–water partition coefficient (Wildman–Crippen LogP) is 3.51. The Bertz CT molecular complexity index is 525. The van der Waals surface area contributed by atoms with E-state index in [0.29, 0.717) is 4.57 Å². The predicted molar refractivity (Wildman–Crippen MR) is 49.7 cm³/mol. The Kier molecular flexibility index (Phi) is 3.76. The number of nitrogens with zero attached hydrogens (tertiary/aromatic N) is 2. The van der Waals surface area contributed by atoms with Crippen LogP contribution in [0.5, 0.6) is 0 Å². The molecular formula is C9H6F8N2O. The van der Waals surface area contributed by atoms with Gasteiger partial charge in [0.05, 0.1) is 23.0 Å². The van der Waals surface area contributed by atoms with Gasteiger partial charge < -0.3 is 9.77 Å². The lowest BCUT2D eigenvalue weighted by atomic mass is 10.0. The third kappa shape index (κ3) is 2.56. The molecule has 1 heterocycles. The molecule has 0 atom stereocenters. The third-order valence-electron chi connectivity index (χ3n) is 2.39. The highest BCUT2D eigenvalue weighted by molar-refractivity contribution is 5.80. The van der Waals surface area contributed by atoms with Crippen LogP contribution in [0.3, 0.4) is 0 Å². The lowest BCUT2D eigenvalue weighted by Gasteiger charge is -2.21. The third-order valence-corrected chi connectivity index (χ3v) is 2.39. The fraction of sp³-hybridized carbons (Fsp3) is 0.444. The van der Waals surface area contributed by atoms with Crippen LogP contribution >= 0.6 is 0 Å². The van der Waals surface area contributed by atoms with Gasteiger partial charge in [0.25, 0.3) is 0 Å². The highest BCUT2D eigenvalue weighted by atomic mass is 19.4. The smallest absolute Gasteiger partial charge is 0.411 e. The summed E-state index contributed by atoms with van der Waals surface area (Å²) in [5, 5.41) is 10.4. The molecule has 3 nitrogen and oxygen atoms in total. The Morgan fingerprint density at radius 1 is 1.10 bits per heavy atom. The van der Waals surface area contributed by atoms with Crippen molar-refractivity contribution in [1.82, 2.24) is 4.57 Å². The highest BCUT2D eigenvalue weighted by Crippen LogP contribution is 2.49. The summed E-state index contributed by atoms with van der Waals surface area (Å²) in [5.41, 5.74) is -5.59. The van der Waals surface area contributed by atoms with Crippen LogP contribution in [-0.4, -0.2) is 22.2 Å². The maximum absolute atomic E-state index is 13.1. The molecule has 0 saturated heterocycles. The number of rotatable bonds is 2. The number of alkyl halides is 8. The lowest BCUT2D eigenvalue weighted by molar-refractivity contribution is -0.290. The van der Waals surface area contributed by atoms with E-state index in [1.807, 2.05) is 0 Å². The average molecular weight is 310 g/mol. The average Bonchev–Trinajstić information content (AvgIpc) is 2.55. The van der Waals surface area contributed by atoms with Crippen LogP contribution in [0.15, 0.2) is 11.4 Å². The van der Waals surface area contributed by atoms with E-state index < -0.39 is 35.1 Å². The molecule has 1 rings (SSSR count). The minimum atomic E-state index is -6.19. The zero-order chi connectivity index (χ0) is 15.9. The Hall–Kier alpha value is -1.81. The Labute approximate surface area is 106 Å². The van der Waals surface area contributed by atoms with Gasteiger partial charge in [0.15, 0.2) is 0 Å². The van der Waals surface area contributed by atoms with Crippen molar-refractivity contribution < 1.29 is 40.3 Å². The van der Waals surface area contributed by atoms with Crippen molar-refractivity contribution in [1.29, 1.82) is 0 Å². The normalized spacial score (nSPS) is 14.2. The fourth-order valence-electron chi connectivity index (χ4n) is 1.54. The quantitative estimate of drug-likeness (QED) is 0.386. The summed E-state index contributed by atoms with van der Waals surface area (Å²) in [5.74, 6) is -5.70. The molecule has 20 heavy (non-hydrogen) atoms. The van der Waals surface area contributed by atoms with Gasteiger partial charge in [-0.1, -0.05) is 5.16 Å². The number of halogens is 8. The van der Waals surface area contributed by atoms with E-state index in [2.05, 4.69) is 5.16 Å². The van der Waals surface area contributed by atoms with Gasteiger partial charge in [0.1, 0.15) is 0 Å². The Morgan fingerprint density at radius 3 is 1.95 bits per heavy atom. The molecule has 0 aliphatic carbocycles. The summed E-state index contributed by atoms with van der Waals surface area (Å²) in [6, 6.07) is 0. The van der Waals surface area contributed by atoms with Gasteiger partial charge in [-0.3, -0.25) is 0 Å². The van der Waals surface area contributed by atoms with Gasteiger partial charge in [-0.15, -0.1) is 0 Å². The monoisotopic (exact) mass is 310 g/mol. The second-order valence-corrected chi connectivity index (χ2v) is 3.73. The molecule has 0 aliphatic heterocycles. The topological polar surface area (TPSA) is 37.5 Å². The summed E-state index contributed by atoms with van der Waals surface area (Å²) in [7, 11) is 0.808. The van der Waals surface area contributed by atoms with Crippen LogP contribution < -0.4 is 0 Å². The lowest BCUT2D eigenvalue weighted by Crippen LogP contribution is -2.35. The summed E-state index contributed by atoms with van der Waals surface area (Å²) in [4.78, 5) is 0. The van der Waals surface area contributed by atoms with E-state index in [0.717, 1.165) is 7.05 Å². The Morgan fingerprint density at radius 2 is 1.60 bits per heavy atom. The molecule has 0 radical (unpaired) electrons. The molecule has 0 bridgehead atoms. The first kappa shape index (κ1) is 16.2. The van der Waals surface area contributed by atoms with Crippen molar-refractivity contribution in [2.24, 2.45) is 12.2 Å². The second kappa shape index (κ2) is 4.63. The fourth-order valence-corrected chi connectivity index (χ4v) is 1.54. The van der Waals surface area contributed by atoms with Crippen molar-refractivity contribution in [3.63, 3.8) is 0 Å². The highest BCUT2D eigenvalue weighted by Gasteiger charge is 2.62. The van der Waals surface area contributed by atoms with Gasteiger partial charge in [-0.2, -0.15) is 35.1 Å². The molecule has 114 valence electrons. The number of aromatic nitrogens is 1. The molecular weight excluding hydrogens is 304 g/mol. The number of oxime groups is 1. The largest absolute Gasteiger partial charge is 0.458 e. The molecule has 0 amide bonds. The van der Waals surface area contributed by atoms with Crippen molar-refractivity contribution in [2.75, 3.05) is 0 Å². The molecule has 0 spiro atoms. The number of hydrogen-bond acceptors (Lipinski definition) is 2. The van der Waals surface area contributed by atoms with Crippen molar-refractivity contribution in [2.45, 2.75) is 18.3 Å². The van der Waals surface area contributed by atoms with Crippen LogP contribution in [0.2, 0.25) is 0 Å². The van der Waals surface area contributed by atoms with Crippen LogP contribution in [-0.2, 0) is 19.1 Å². The minimum absolute atomic E-state index is 0.00662. The van der Waals surface area contributed by atoms with Gasteiger partial charge in [-0.05, 0) is 0 Å². The summed E-state index contributed by atoms with van der Waals surface area (Å²) >= 11 is 0. The molecule has 0 fully saturated rings. The number of aryl methyl sites for hydroxylation is 1. The zero-order valence-electron chi connectivity index (χ0n) is 9.52. The van der Waals surface area contributed by atoms with E-state index >= 15 is 0 Å². The van der Waals surface area contributed by atoms with Crippen LogP contribution in [0, 0.1) is 0 Å². The standard InChI is InChI=1S/C9H6F8N2O/c1-19-3-4(7(10,11)9(15,16)17)6(8(12,13)14)5(19)2-18-20/h2-3,20H,1H3/b18-2+. The van der Waals surface area contributed by atoms with Crippen LogP contribution in [0.4, 0.5) is 35.1 Å². The molecule has 1 aromatic heterocycles. The summed E-state index contributed by atoms with van der Waals surface area (Å²) in [6.07, 6.45) is -11.6. The number of hydrogen-bond donors (Lipinski definition) is 1. The van der Waals surface area contributed by atoms with Gasteiger partial charge in [-0.25, -0.2) is 0 Å². The van der Waals surface area contributed by atoms with Crippen molar-refractivity contribution in [3.8, 4) is 0 Å². The molecule has 0 aromatic carbocycles. The van der Waals surface area contributed by atoms with Gasteiger partial charge >= 0.3 is 18.3 Å². The molecule has 1 aromatic rings. The van der Waals surface area contributed by atoms with E-state index in [9.17, 15) is 35.1 Å². The molecule has 0 saturated carbocycles. The van der Waals surface area contributed by atoms with Gasteiger partial charge in [0.2, 0.25) is 0 Å². The molecule has 0 unspecified atom stereocenters. The summed E-state index contributed by atoms with van der Waals surface area (Å²) < 4.78 is 101. The van der Waals surface area contributed by atoms with E-state index in [1.165, 1.54) is 0 Å². The van der Waals surface area contributed by atoms with E-state index in [-0.39, 0.29) is 12.4 Å². The van der Waals surface area contributed by atoms with E-state index in [1.54, 1.807) is 0 Å². The van der Waals surface area contributed by atoms with Crippen molar-refractivity contribution >= 4 is 6.21 Å². The molecule has 11 heteroatoms. The van der Waals surface area contributed by atoms with E-state index in [4.69, 9.17) is 5.21 Å². The first-order chi connectivity index (χ1) is 8.84. The Balaban J connectivity index is 3.70. The first-order valence-corrected chi connectivity index (χ1v) is 4.73.